The average Bonchev–Trinajstić information content (AvgIpc) is 3.05. The Bertz CT molecular complexity index is 687. The van der Waals surface area contributed by atoms with E-state index < -0.39 is 5.97 Å². The zero-order valence-electron chi connectivity index (χ0n) is 13.2. The normalized spacial score (nSPS) is 14.7. The molecular weight excluding hydrogens is 314 g/mol. The van der Waals surface area contributed by atoms with Gasteiger partial charge in [0.15, 0.2) is 0 Å². The molecule has 0 spiro atoms. The van der Waals surface area contributed by atoms with Crippen LogP contribution in [0.1, 0.15) is 23.2 Å². The molecule has 1 N–H and O–H groups in total. The van der Waals surface area contributed by atoms with Crippen molar-refractivity contribution in [2.45, 2.75) is 12.8 Å². The molecule has 1 fully saturated rings. The molecule has 1 aromatic carbocycles. The van der Waals surface area contributed by atoms with Crippen molar-refractivity contribution in [3.05, 3.63) is 35.9 Å². The van der Waals surface area contributed by atoms with Crippen LogP contribution in [0, 0.1) is 0 Å². The highest BCUT2D eigenvalue weighted by Gasteiger charge is 2.12. The third-order valence-electron chi connectivity index (χ3n) is 4.26. The van der Waals surface area contributed by atoms with Crippen LogP contribution < -0.4 is 4.90 Å². The number of benzene rings is 1. The minimum Gasteiger partial charge on any atom is -0.478 e. The van der Waals surface area contributed by atoms with Gasteiger partial charge in [0.05, 0.1) is 11.1 Å². The lowest BCUT2D eigenvalue weighted by molar-refractivity contribution is 0.0697. The van der Waals surface area contributed by atoms with Crippen LogP contribution in [-0.4, -0.2) is 54.2 Å². The van der Waals surface area contributed by atoms with Crippen LogP contribution in [0.5, 0.6) is 0 Å². The first-order valence-electron chi connectivity index (χ1n) is 7.71. The minimum absolute atomic E-state index is 0. The van der Waals surface area contributed by atoms with Crippen molar-refractivity contribution in [3.8, 4) is 0 Å². The van der Waals surface area contributed by atoms with Gasteiger partial charge in [-0.3, -0.25) is 0 Å². The SMILES string of the molecule is CN(CCN1CCCC1)c1ccc2cc(C(=O)O)ccc2n1.Cl. The monoisotopic (exact) mass is 335 g/mol. The van der Waals surface area contributed by atoms with Gasteiger partial charge >= 0.3 is 5.97 Å². The number of nitrogens with zero attached hydrogens (tertiary/aromatic N) is 3. The molecule has 0 saturated carbocycles. The van der Waals surface area contributed by atoms with E-state index in [2.05, 4.69) is 21.8 Å². The van der Waals surface area contributed by atoms with Crippen molar-refractivity contribution in [2.24, 2.45) is 0 Å². The molecule has 2 heterocycles. The van der Waals surface area contributed by atoms with Gasteiger partial charge < -0.3 is 14.9 Å². The number of anilines is 1. The molecule has 0 unspecified atom stereocenters. The summed E-state index contributed by atoms with van der Waals surface area (Å²) in [5, 5.41) is 9.89. The van der Waals surface area contributed by atoms with Gasteiger partial charge in [-0.2, -0.15) is 0 Å². The van der Waals surface area contributed by atoms with Gasteiger partial charge in [-0.25, -0.2) is 9.78 Å². The Morgan fingerprint density at radius 3 is 2.70 bits per heavy atom. The summed E-state index contributed by atoms with van der Waals surface area (Å²) in [5.41, 5.74) is 1.12. The molecule has 2 aromatic rings. The number of hydrogen-bond acceptors (Lipinski definition) is 4. The van der Waals surface area contributed by atoms with E-state index >= 15 is 0 Å². The van der Waals surface area contributed by atoms with Crippen molar-refractivity contribution < 1.29 is 9.90 Å². The van der Waals surface area contributed by atoms with Gasteiger partial charge in [0.1, 0.15) is 5.82 Å². The number of rotatable bonds is 5. The van der Waals surface area contributed by atoms with Crippen molar-refractivity contribution in [1.82, 2.24) is 9.88 Å². The Kier molecular flexibility index (Phi) is 5.80. The summed E-state index contributed by atoms with van der Waals surface area (Å²) >= 11 is 0. The molecule has 124 valence electrons. The fourth-order valence-electron chi connectivity index (χ4n) is 2.87. The largest absolute Gasteiger partial charge is 0.478 e. The second-order valence-electron chi connectivity index (χ2n) is 5.85. The first-order chi connectivity index (χ1) is 10.6. The molecule has 1 aliphatic heterocycles. The number of aromatic carboxylic acids is 1. The molecule has 5 nitrogen and oxygen atoms in total. The Morgan fingerprint density at radius 2 is 2.00 bits per heavy atom. The first-order valence-corrected chi connectivity index (χ1v) is 7.71. The lowest BCUT2D eigenvalue weighted by Crippen LogP contribution is -2.31. The van der Waals surface area contributed by atoms with Gasteiger partial charge in [0.2, 0.25) is 0 Å². The predicted octanol–water partition coefficient (Wildman–Crippen LogP) is 2.89. The third-order valence-corrected chi connectivity index (χ3v) is 4.26. The second-order valence-corrected chi connectivity index (χ2v) is 5.85. The van der Waals surface area contributed by atoms with E-state index in [1.54, 1.807) is 18.2 Å². The standard InChI is InChI=1S/C17H21N3O2.ClH/c1-19(10-11-20-8-2-3-9-20)16-7-5-13-12-14(17(21)22)4-6-15(13)18-16;/h4-7,12H,2-3,8-11H2,1H3,(H,21,22);1H. The zero-order valence-corrected chi connectivity index (χ0v) is 14.1. The third kappa shape index (κ3) is 4.12. The number of likely N-dealkylation sites (tertiary alicyclic amines) is 1. The summed E-state index contributed by atoms with van der Waals surface area (Å²) in [6.07, 6.45) is 2.62. The van der Waals surface area contributed by atoms with Crippen LogP contribution in [0.25, 0.3) is 10.9 Å². The summed E-state index contributed by atoms with van der Waals surface area (Å²) in [4.78, 5) is 20.3. The molecule has 1 saturated heterocycles. The highest BCUT2D eigenvalue weighted by Crippen LogP contribution is 2.19. The van der Waals surface area contributed by atoms with Gasteiger partial charge in [0, 0.05) is 25.5 Å². The summed E-state index contributed by atoms with van der Waals surface area (Å²) in [6.45, 7) is 4.42. The lowest BCUT2D eigenvalue weighted by Gasteiger charge is -2.22. The molecule has 23 heavy (non-hydrogen) atoms. The molecule has 1 aromatic heterocycles. The van der Waals surface area contributed by atoms with Crippen LogP contribution in [0.15, 0.2) is 30.3 Å². The van der Waals surface area contributed by atoms with E-state index in [4.69, 9.17) is 5.11 Å². The number of carboxylic acids is 1. The number of carboxylic acid groups (broad SMARTS) is 1. The number of likely N-dealkylation sites (N-methyl/N-ethyl adjacent to an activating group) is 1. The van der Waals surface area contributed by atoms with Crippen LogP contribution in [0.3, 0.4) is 0 Å². The molecular formula is C17H22ClN3O2. The van der Waals surface area contributed by atoms with Crippen LogP contribution in [0.4, 0.5) is 5.82 Å². The van der Waals surface area contributed by atoms with Crippen molar-refractivity contribution in [3.63, 3.8) is 0 Å². The number of halogens is 1. The highest BCUT2D eigenvalue weighted by molar-refractivity contribution is 5.93. The predicted molar refractivity (Wildman–Crippen MR) is 94.9 cm³/mol. The Balaban J connectivity index is 0.00000192. The molecule has 0 amide bonds. The molecule has 0 bridgehead atoms. The fourth-order valence-corrected chi connectivity index (χ4v) is 2.87. The van der Waals surface area contributed by atoms with E-state index in [9.17, 15) is 4.79 Å². The summed E-state index contributed by atoms with van der Waals surface area (Å²) in [7, 11) is 2.05. The molecule has 0 atom stereocenters. The smallest absolute Gasteiger partial charge is 0.335 e. The Labute approximate surface area is 142 Å². The van der Waals surface area contributed by atoms with Gasteiger partial charge in [-0.15, -0.1) is 12.4 Å². The van der Waals surface area contributed by atoms with Crippen LogP contribution in [-0.2, 0) is 0 Å². The maximum atomic E-state index is 11.0. The molecule has 0 radical (unpaired) electrons. The van der Waals surface area contributed by atoms with Gasteiger partial charge in [0.25, 0.3) is 0 Å². The molecule has 0 aliphatic carbocycles. The van der Waals surface area contributed by atoms with Crippen molar-refractivity contribution in [1.29, 1.82) is 0 Å². The minimum atomic E-state index is -0.909. The lowest BCUT2D eigenvalue weighted by atomic mass is 10.1. The number of aromatic nitrogens is 1. The van der Waals surface area contributed by atoms with Gasteiger partial charge in [-0.05, 0) is 56.3 Å². The number of carbonyl (C=O) groups is 1. The van der Waals surface area contributed by atoms with E-state index in [0.29, 0.717) is 5.56 Å². The molecule has 1 aliphatic rings. The quantitative estimate of drug-likeness (QED) is 0.910. The topological polar surface area (TPSA) is 56.7 Å². The Hall–Kier alpha value is -1.85. The summed E-state index contributed by atoms with van der Waals surface area (Å²) in [5.74, 6) is 0.0171. The van der Waals surface area contributed by atoms with Crippen molar-refractivity contribution in [2.75, 3.05) is 38.1 Å². The number of fused-ring (bicyclic) bond motifs is 1. The number of pyridine rings is 1. The summed E-state index contributed by atoms with van der Waals surface area (Å²) in [6, 6.07) is 8.94. The fraction of sp³-hybridized carbons (Fsp3) is 0.412. The zero-order chi connectivity index (χ0) is 15.5. The Morgan fingerprint density at radius 1 is 1.26 bits per heavy atom. The van der Waals surface area contributed by atoms with Crippen LogP contribution in [0.2, 0.25) is 0 Å². The van der Waals surface area contributed by atoms with E-state index in [1.807, 2.05) is 12.1 Å². The highest BCUT2D eigenvalue weighted by atomic mass is 35.5. The van der Waals surface area contributed by atoms with E-state index in [0.717, 1.165) is 29.8 Å². The van der Waals surface area contributed by atoms with Gasteiger partial charge in [-0.1, -0.05) is 0 Å². The van der Waals surface area contributed by atoms with E-state index in [-0.39, 0.29) is 12.4 Å². The van der Waals surface area contributed by atoms with Crippen molar-refractivity contribution >= 4 is 35.1 Å². The summed E-state index contributed by atoms with van der Waals surface area (Å²) < 4.78 is 0. The molecule has 3 rings (SSSR count). The van der Waals surface area contributed by atoms with E-state index in [1.165, 1.54) is 25.9 Å². The number of hydrogen-bond donors (Lipinski definition) is 1. The molecule has 6 heteroatoms. The average molecular weight is 336 g/mol. The maximum Gasteiger partial charge on any atom is 0.335 e. The second kappa shape index (κ2) is 7.62. The first kappa shape index (κ1) is 17.5. The maximum absolute atomic E-state index is 11.0. The van der Waals surface area contributed by atoms with Crippen LogP contribution >= 0.6 is 12.4 Å².